The fraction of sp³-hybridized carbons (Fsp3) is 0.318. The van der Waals surface area contributed by atoms with Crippen molar-refractivity contribution in [1.82, 2.24) is 15.2 Å². The molecule has 0 saturated carbocycles. The number of H-pyrrole nitrogens is 1. The first kappa shape index (κ1) is 19.0. The number of nitrogens with zero attached hydrogens (tertiary/aromatic N) is 1. The molecule has 1 aromatic heterocycles. The highest BCUT2D eigenvalue weighted by atomic mass is 16.5. The first-order valence-electron chi connectivity index (χ1n) is 9.15. The van der Waals surface area contributed by atoms with Crippen molar-refractivity contribution in [2.24, 2.45) is 0 Å². The van der Waals surface area contributed by atoms with Gasteiger partial charge in [0.1, 0.15) is 5.75 Å². The third-order valence-electron chi connectivity index (χ3n) is 4.95. The maximum Gasteiger partial charge on any atom is 0.238 e. The molecule has 5 nitrogen and oxygen atoms in total. The van der Waals surface area contributed by atoms with Crippen LogP contribution in [0, 0.1) is 0 Å². The van der Waals surface area contributed by atoms with Crippen molar-refractivity contribution in [1.29, 1.82) is 0 Å². The Morgan fingerprint density at radius 2 is 1.85 bits per heavy atom. The smallest absolute Gasteiger partial charge is 0.238 e. The SMILES string of the molecule is COc1ccc([C@@H](CN[C@@H](C)C(=O)N(C)C)c2c[nH]c3ccccc23)cc1. The lowest BCUT2D eigenvalue weighted by Crippen LogP contribution is -2.43. The highest BCUT2D eigenvalue weighted by Gasteiger charge is 2.21. The summed E-state index contributed by atoms with van der Waals surface area (Å²) >= 11 is 0. The average Bonchev–Trinajstić information content (AvgIpc) is 3.12. The number of para-hydroxylation sites is 1. The molecule has 3 aromatic rings. The summed E-state index contributed by atoms with van der Waals surface area (Å²) in [5.41, 5.74) is 3.51. The molecule has 0 bridgehead atoms. The van der Waals surface area contributed by atoms with Gasteiger partial charge in [-0.15, -0.1) is 0 Å². The predicted molar refractivity (Wildman–Crippen MR) is 109 cm³/mol. The third kappa shape index (κ3) is 4.14. The molecule has 2 aromatic carbocycles. The van der Waals surface area contributed by atoms with E-state index in [0.717, 1.165) is 11.3 Å². The Kier molecular flexibility index (Phi) is 5.81. The number of fused-ring (bicyclic) bond motifs is 1. The van der Waals surface area contributed by atoms with E-state index in [4.69, 9.17) is 4.74 Å². The van der Waals surface area contributed by atoms with Crippen LogP contribution in [0.15, 0.2) is 54.7 Å². The number of hydrogen-bond donors (Lipinski definition) is 2. The highest BCUT2D eigenvalue weighted by molar-refractivity contribution is 5.84. The lowest BCUT2D eigenvalue weighted by Gasteiger charge is -2.23. The second-order valence-electron chi connectivity index (χ2n) is 6.98. The van der Waals surface area contributed by atoms with Gasteiger partial charge in [-0.25, -0.2) is 0 Å². The van der Waals surface area contributed by atoms with Gasteiger partial charge < -0.3 is 19.9 Å². The normalized spacial score (nSPS) is 13.3. The van der Waals surface area contributed by atoms with Crippen LogP contribution in [-0.2, 0) is 4.79 Å². The topological polar surface area (TPSA) is 57.4 Å². The van der Waals surface area contributed by atoms with Crippen LogP contribution >= 0.6 is 0 Å². The van der Waals surface area contributed by atoms with Crippen molar-refractivity contribution >= 4 is 16.8 Å². The summed E-state index contributed by atoms with van der Waals surface area (Å²) in [6.07, 6.45) is 2.07. The van der Waals surface area contributed by atoms with E-state index in [-0.39, 0.29) is 17.9 Å². The molecule has 0 radical (unpaired) electrons. The van der Waals surface area contributed by atoms with Crippen molar-refractivity contribution in [3.8, 4) is 5.75 Å². The van der Waals surface area contributed by atoms with E-state index in [9.17, 15) is 4.79 Å². The first-order chi connectivity index (χ1) is 13.0. The molecule has 1 amide bonds. The Bertz CT molecular complexity index is 899. The Morgan fingerprint density at radius 3 is 2.52 bits per heavy atom. The number of carbonyl (C=O) groups excluding carboxylic acids is 1. The van der Waals surface area contributed by atoms with Gasteiger partial charge in [0, 0.05) is 43.7 Å². The number of carbonyl (C=O) groups is 1. The molecule has 2 N–H and O–H groups in total. The van der Waals surface area contributed by atoms with E-state index in [1.807, 2.05) is 25.1 Å². The summed E-state index contributed by atoms with van der Waals surface area (Å²) in [6, 6.07) is 16.2. The van der Waals surface area contributed by atoms with E-state index in [1.165, 1.54) is 16.5 Å². The van der Waals surface area contributed by atoms with Crippen molar-refractivity contribution in [2.75, 3.05) is 27.7 Å². The van der Waals surface area contributed by atoms with Crippen molar-refractivity contribution in [3.63, 3.8) is 0 Å². The molecule has 0 unspecified atom stereocenters. The number of nitrogens with one attached hydrogen (secondary N) is 2. The third-order valence-corrected chi connectivity index (χ3v) is 4.95. The summed E-state index contributed by atoms with van der Waals surface area (Å²) in [5, 5.41) is 4.61. The molecular weight excluding hydrogens is 338 g/mol. The van der Waals surface area contributed by atoms with E-state index >= 15 is 0 Å². The molecule has 1 heterocycles. The van der Waals surface area contributed by atoms with Gasteiger partial charge >= 0.3 is 0 Å². The van der Waals surface area contributed by atoms with Gasteiger partial charge in [0.2, 0.25) is 5.91 Å². The summed E-state index contributed by atoms with van der Waals surface area (Å²) in [4.78, 5) is 17.2. The maximum atomic E-state index is 12.2. The maximum absolute atomic E-state index is 12.2. The zero-order chi connectivity index (χ0) is 19.4. The van der Waals surface area contributed by atoms with E-state index in [0.29, 0.717) is 6.54 Å². The number of rotatable bonds is 7. The van der Waals surface area contributed by atoms with E-state index < -0.39 is 0 Å². The number of ether oxygens (including phenoxy) is 1. The molecule has 0 spiro atoms. The van der Waals surface area contributed by atoms with Gasteiger partial charge in [0.15, 0.2) is 0 Å². The van der Waals surface area contributed by atoms with Crippen LogP contribution < -0.4 is 10.1 Å². The predicted octanol–water partition coefficient (Wildman–Crippen LogP) is 3.37. The molecule has 27 heavy (non-hydrogen) atoms. The average molecular weight is 365 g/mol. The minimum absolute atomic E-state index is 0.0717. The summed E-state index contributed by atoms with van der Waals surface area (Å²) in [6.45, 7) is 2.57. The number of hydrogen-bond acceptors (Lipinski definition) is 3. The Hall–Kier alpha value is -2.79. The number of methoxy groups -OCH3 is 1. The molecule has 2 atom stereocenters. The lowest BCUT2D eigenvalue weighted by molar-refractivity contribution is -0.130. The molecule has 5 heteroatoms. The molecule has 0 fully saturated rings. The first-order valence-corrected chi connectivity index (χ1v) is 9.15. The van der Waals surface area contributed by atoms with Crippen molar-refractivity contribution in [3.05, 3.63) is 65.9 Å². The van der Waals surface area contributed by atoms with Crippen molar-refractivity contribution < 1.29 is 9.53 Å². The highest BCUT2D eigenvalue weighted by Crippen LogP contribution is 2.31. The zero-order valence-corrected chi connectivity index (χ0v) is 16.3. The van der Waals surface area contributed by atoms with Gasteiger partial charge in [-0.3, -0.25) is 4.79 Å². The molecule has 0 aliphatic rings. The zero-order valence-electron chi connectivity index (χ0n) is 16.3. The van der Waals surface area contributed by atoms with Crippen LogP contribution in [0.3, 0.4) is 0 Å². The van der Waals surface area contributed by atoms with Gasteiger partial charge in [0.25, 0.3) is 0 Å². The minimum Gasteiger partial charge on any atom is -0.497 e. The number of aromatic nitrogens is 1. The Labute approximate surface area is 160 Å². The minimum atomic E-state index is -0.244. The Morgan fingerprint density at radius 1 is 1.15 bits per heavy atom. The summed E-state index contributed by atoms with van der Waals surface area (Å²) < 4.78 is 5.29. The van der Waals surface area contributed by atoms with Gasteiger partial charge in [-0.05, 0) is 36.2 Å². The molecule has 142 valence electrons. The quantitative estimate of drug-likeness (QED) is 0.675. The van der Waals surface area contributed by atoms with Gasteiger partial charge in [0.05, 0.1) is 13.2 Å². The lowest BCUT2D eigenvalue weighted by atomic mass is 9.90. The largest absolute Gasteiger partial charge is 0.497 e. The van der Waals surface area contributed by atoms with Crippen molar-refractivity contribution in [2.45, 2.75) is 18.9 Å². The van der Waals surface area contributed by atoms with Crippen LogP contribution in [0.2, 0.25) is 0 Å². The number of benzene rings is 2. The van der Waals surface area contributed by atoms with E-state index in [2.05, 4.69) is 46.8 Å². The standard InChI is InChI=1S/C22H27N3O2/c1-15(22(26)25(2)3)23-13-19(16-9-11-17(27-4)12-10-16)20-14-24-21-8-6-5-7-18(20)21/h5-12,14-15,19,23-24H,13H2,1-4H3/t15-,19+/m0/s1. The molecule has 0 aliphatic heterocycles. The number of likely N-dealkylation sites (N-methyl/N-ethyl adjacent to an activating group) is 1. The summed E-state index contributed by atoms with van der Waals surface area (Å²) in [7, 11) is 5.23. The fourth-order valence-corrected chi connectivity index (χ4v) is 3.40. The van der Waals surface area contributed by atoms with Crippen LogP contribution in [0.4, 0.5) is 0 Å². The summed E-state index contributed by atoms with van der Waals surface area (Å²) in [5.74, 6) is 1.02. The van der Waals surface area contributed by atoms with Crippen LogP contribution in [-0.4, -0.2) is 49.6 Å². The van der Waals surface area contributed by atoms with Crippen LogP contribution in [0.25, 0.3) is 10.9 Å². The monoisotopic (exact) mass is 365 g/mol. The number of aromatic amines is 1. The number of amides is 1. The Balaban J connectivity index is 1.92. The van der Waals surface area contributed by atoms with E-state index in [1.54, 1.807) is 26.1 Å². The van der Waals surface area contributed by atoms with Crippen LogP contribution in [0.5, 0.6) is 5.75 Å². The van der Waals surface area contributed by atoms with Gasteiger partial charge in [-0.1, -0.05) is 30.3 Å². The second kappa shape index (κ2) is 8.27. The molecule has 0 aliphatic carbocycles. The molecular formula is C22H27N3O2. The van der Waals surface area contributed by atoms with Gasteiger partial charge in [-0.2, -0.15) is 0 Å². The van der Waals surface area contributed by atoms with Crippen LogP contribution in [0.1, 0.15) is 24.0 Å². The second-order valence-corrected chi connectivity index (χ2v) is 6.98. The molecule has 3 rings (SSSR count). The fourth-order valence-electron chi connectivity index (χ4n) is 3.40. The molecule has 0 saturated heterocycles.